The number of nitrogens with two attached hydrogens (primary N) is 1. The third-order valence-electron chi connectivity index (χ3n) is 2.90. The Balaban J connectivity index is 2.60. The molecule has 0 saturated carbocycles. The zero-order chi connectivity index (χ0) is 13.9. The Labute approximate surface area is 107 Å². The molecule has 7 nitrogen and oxygen atoms in total. The van der Waals surface area contributed by atoms with Gasteiger partial charge in [-0.1, -0.05) is 0 Å². The zero-order valence-corrected chi connectivity index (χ0v) is 11.4. The van der Waals surface area contributed by atoms with Crippen molar-refractivity contribution in [1.29, 1.82) is 0 Å². The predicted octanol–water partition coefficient (Wildman–Crippen LogP) is -1.90. The molecule has 0 aromatic rings. The summed E-state index contributed by atoms with van der Waals surface area (Å²) >= 11 is 0. The molecule has 0 aromatic heterocycles. The Hall–Kier alpha value is -1.15. The molecule has 0 bridgehead atoms. The smallest absolute Gasteiger partial charge is 0.242 e. The van der Waals surface area contributed by atoms with Gasteiger partial charge >= 0.3 is 0 Å². The standard InChI is InChI=1S/C10H19N3O4S/c1-7-9(14)12-4-5-13(7)10(15)8(11)3-6-18(2,16)17/h7-8H,3-6,11H2,1-2H3,(H,12,14). The number of nitrogens with one attached hydrogen (secondary N) is 1. The summed E-state index contributed by atoms with van der Waals surface area (Å²) in [6.07, 6.45) is 1.17. The van der Waals surface area contributed by atoms with Crippen LogP contribution in [0, 0.1) is 0 Å². The molecule has 2 unspecified atom stereocenters. The third-order valence-corrected chi connectivity index (χ3v) is 3.88. The van der Waals surface area contributed by atoms with Crippen molar-refractivity contribution in [3.05, 3.63) is 0 Å². The van der Waals surface area contributed by atoms with Crippen molar-refractivity contribution in [2.24, 2.45) is 5.73 Å². The molecule has 1 fully saturated rings. The summed E-state index contributed by atoms with van der Waals surface area (Å²) in [5.74, 6) is -0.722. The maximum absolute atomic E-state index is 12.0. The monoisotopic (exact) mass is 277 g/mol. The molecule has 2 amide bonds. The molecule has 0 radical (unpaired) electrons. The van der Waals surface area contributed by atoms with Gasteiger partial charge in [-0.05, 0) is 13.3 Å². The Bertz CT molecular complexity index is 434. The van der Waals surface area contributed by atoms with Gasteiger partial charge in [-0.2, -0.15) is 0 Å². The van der Waals surface area contributed by atoms with Crippen LogP contribution in [0.25, 0.3) is 0 Å². The van der Waals surface area contributed by atoms with E-state index in [1.165, 1.54) is 4.90 Å². The normalized spacial score (nSPS) is 22.5. The van der Waals surface area contributed by atoms with E-state index in [2.05, 4.69) is 5.32 Å². The van der Waals surface area contributed by atoms with Crippen LogP contribution in [0.4, 0.5) is 0 Å². The minimum Gasteiger partial charge on any atom is -0.353 e. The quantitative estimate of drug-likeness (QED) is 0.623. The Morgan fingerprint density at radius 3 is 2.78 bits per heavy atom. The first kappa shape index (κ1) is 14.9. The van der Waals surface area contributed by atoms with Crippen molar-refractivity contribution in [2.45, 2.75) is 25.4 Å². The van der Waals surface area contributed by atoms with Gasteiger partial charge in [0.2, 0.25) is 11.8 Å². The lowest BCUT2D eigenvalue weighted by Crippen LogP contribution is -2.59. The van der Waals surface area contributed by atoms with E-state index in [0.29, 0.717) is 13.1 Å². The Morgan fingerprint density at radius 2 is 2.22 bits per heavy atom. The van der Waals surface area contributed by atoms with E-state index in [1.807, 2.05) is 0 Å². The SMILES string of the molecule is CC1C(=O)NCCN1C(=O)C(N)CCS(C)(=O)=O. The van der Waals surface area contributed by atoms with Crippen molar-refractivity contribution in [2.75, 3.05) is 25.1 Å². The van der Waals surface area contributed by atoms with Crippen molar-refractivity contribution in [3.8, 4) is 0 Å². The summed E-state index contributed by atoms with van der Waals surface area (Å²) in [6.45, 7) is 2.42. The number of nitrogens with zero attached hydrogens (tertiary/aromatic N) is 1. The van der Waals surface area contributed by atoms with E-state index >= 15 is 0 Å². The zero-order valence-electron chi connectivity index (χ0n) is 10.5. The van der Waals surface area contributed by atoms with Gasteiger partial charge in [-0.25, -0.2) is 8.42 Å². The maximum Gasteiger partial charge on any atom is 0.242 e. The topological polar surface area (TPSA) is 110 Å². The average molecular weight is 277 g/mol. The fourth-order valence-corrected chi connectivity index (χ4v) is 2.44. The van der Waals surface area contributed by atoms with Crippen LogP contribution in [-0.4, -0.2) is 62.3 Å². The fraction of sp³-hybridized carbons (Fsp3) is 0.800. The van der Waals surface area contributed by atoms with Crippen molar-refractivity contribution in [1.82, 2.24) is 10.2 Å². The second-order valence-electron chi connectivity index (χ2n) is 4.52. The summed E-state index contributed by atoms with van der Waals surface area (Å²) in [5, 5.41) is 2.64. The Kier molecular flexibility index (Phi) is 4.69. The van der Waals surface area contributed by atoms with Crippen LogP contribution in [0.15, 0.2) is 0 Å². The molecule has 8 heteroatoms. The lowest BCUT2D eigenvalue weighted by molar-refractivity contribution is -0.143. The van der Waals surface area contributed by atoms with Crippen LogP contribution in [0.2, 0.25) is 0 Å². The van der Waals surface area contributed by atoms with Gasteiger partial charge in [0.15, 0.2) is 0 Å². The number of piperazine rings is 1. The maximum atomic E-state index is 12.0. The summed E-state index contributed by atoms with van der Waals surface area (Å²) in [6, 6.07) is -1.44. The number of carbonyl (C=O) groups excluding carboxylic acids is 2. The van der Waals surface area contributed by atoms with Gasteiger partial charge < -0.3 is 16.0 Å². The third kappa shape index (κ3) is 3.95. The van der Waals surface area contributed by atoms with Crippen LogP contribution in [0.1, 0.15) is 13.3 Å². The molecular formula is C10H19N3O4S. The highest BCUT2D eigenvalue weighted by Crippen LogP contribution is 2.07. The van der Waals surface area contributed by atoms with Gasteiger partial charge in [-0.3, -0.25) is 9.59 Å². The fourth-order valence-electron chi connectivity index (χ4n) is 1.76. The van der Waals surface area contributed by atoms with Gasteiger partial charge in [0.25, 0.3) is 0 Å². The molecule has 2 atom stereocenters. The molecule has 104 valence electrons. The van der Waals surface area contributed by atoms with Crippen LogP contribution in [0.5, 0.6) is 0 Å². The summed E-state index contributed by atoms with van der Waals surface area (Å²) in [7, 11) is -3.14. The molecule has 1 rings (SSSR count). The van der Waals surface area contributed by atoms with Crippen molar-refractivity contribution >= 4 is 21.7 Å². The second kappa shape index (κ2) is 5.66. The molecule has 0 aromatic carbocycles. The van der Waals surface area contributed by atoms with E-state index < -0.39 is 21.9 Å². The van der Waals surface area contributed by atoms with E-state index in [9.17, 15) is 18.0 Å². The molecule has 1 aliphatic heterocycles. The Morgan fingerprint density at radius 1 is 1.61 bits per heavy atom. The lowest BCUT2D eigenvalue weighted by atomic mass is 10.1. The summed E-state index contributed by atoms with van der Waals surface area (Å²) in [4.78, 5) is 24.8. The molecule has 1 heterocycles. The molecule has 18 heavy (non-hydrogen) atoms. The van der Waals surface area contributed by atoms with E-state index in [4.69, 9.17) is 5.73 Å². The number of sulfone groups is 1. The first-order valence-corrected chi connectivity index (χ1v) is 7.80. The second-order valence-corrected chi connectivity index (χ2v) is 6.78. The van der Waals surface area contributed by atoms with Gasteiger partial charge in [0.1, 0.15) is 15.9 Å². The number of amides is 2. The molecule has 1 saturated heterocycles. The highest BCUT2D eigenvalue weighted by atomic mass is 32.2. The summed E-state index contributed by atoms with van der Waals surface area (Å²) < 4.78 is 22.0. The van der Waals surface area contributed by atoms with Crippen LogP contribution in [0.3, 0.4) is 0 Å². The first-order chi connectivity index (χ1) is 8.22. The van der Waals surface area contributed by atoms with Crippen LogP contribution in [-0.2, 0) is 19.4 Å². The minimum absolute atomic E-state index is 0.0719. The molecule has 3 N–H and O–H groups in total. The lowest BCUT2D eigenvalue weighted by Gasteiger charge is -2.34. The first-order valence-electron chi connectivity index (χ1n) is 5.74. The molecule has 0 aliphatic carbocycles. The molecule has 1 aliphatic rings. The van der Waals surface area contributed by atoms with E-state index in [0.717, 1.165) is 6.26 Å². The number of hydrogen-bond acceptors (Lipinski definition) is 5. The molecular weight excluding hydrogens is 258 g/mol. The predicted molar refractivity (Wildman–Crippen MR) is 66.5 cm³/mol. The van der Waals surface area contributed by atoms with Crippen molar-refractivity contribution < 1.29 is 18.0 Å². The number of rotatable bonds is 4. The number of hydrogen-bond donors (Lipinski definition) is 2. The molecule has 0 spiro atoms. The van der Waals surface area contributed by atoms with E-state index in [1.54, 1.807) is 6.92 Å². The number of carbonyl (C=O) groups is 2. The minimum atomic E-state index is -3.14. The van der Waals surface area contributed by atoms with Gasteiger partial charge in [-0.15, -0.1) is 0 Å². The highest BCUT2D eigenvalue weighted by molar-refractivity contribution is 7.90. The van der Waals surface area contributed by atoms with Gasteiger partial charge in [0.05, 0.1) is 11.8 Å². The van der Waals surface area contributed by atoms with Crippen molar-refractivity contribution in [3.63, 3.8) is 0 Å². The summed E-state index contributed by atoms with van der Waals surface area (Å²) in [5.41, 5.74) is 5.68. The highest BCUT2D eigenvalue weighted by Gasteiger charge is 2.32. The largest absolute Gasteiger partial charge is 0.353 e. The van der Waals surface area contributed by atoms with Gasteiger partial charge in [0, 0.05) is 19.3 Å². The van der Waals surface area contributed by atoms with Crippen LogP contribution < -0.4 is 11.1 Å². The van der Waals surface area contributed by atoms with E-state index in [-0.39, 0.29) is 24.0 Å². The van der Waals surface area contributed by atoms with Crippen LogP contribution >= 0.6 is 0 Å². The average Bonchev–Trinajstić information content (AvgIpc) is 2.28.